The highest BCUT2D eigenvalue weighted by molar-refractivity contribution is 7.93. The lowest BCUT2D eigenvalue weighted by Crippen LogP contribution is -2.59. The average molecular weight is 541 g/mol. The molecule has 9 nitrogen and oxygen atoms in total. The Balaban J connectivity index is 1.34. The molecule has 1 saturated heterocycles. The van der Waals surface area contributed by atoms with E-state index in [-0.39, 0.29) is 53.3 Å². The Labute approximate surface area is 220 Å². The molecule has 0 bridgehead atoms. The number of benzene rings is 2. The van der Waals surface area contributed by atoms with Gasteiger partial charge in [-0.2, -0.15) is 0 Å². The number of nitrogens with one attached hydrogen (secondary N) is 1. The first-order chi connectivity index (χ1) is 18.2. The smallest absolute Gasteiger partial charge is 0.407 e. The van der Waals surface area contributed by atoms with Crippen LogP contribution >= 0.6 is 0 Å². The summed E-state index contributed by atoms with van der Waals surface area (Å²) in [5.41, 5.74) is 0.0523. The number of carbonyl (C=O) groups is 2. The van der Waals surface area contributed by atoms with Gasteiger partial charge in [0.25, 0.3) is 15.9 Å². The fourth-order valence-electron chi connectivity index (χ4n) is 5.56. The Hall–Kier alpha value is -3.73. The number of halogens is 1. The minimum Gasteiger partial charge on any atom is -0.465 e. The highest BCUT2D eigenvalue weighted by atomic mass is 32.2. The molecule has 5 rings (SSSR count). The van der Waals surface area contributed by atoms with Crippen LogP contribution in [-0.2, 0) is 10.0 Å². The molecule has 0 radical (unpaired) electrons. The number of fused-ring (bicyclic) bond motifs is 1. The summed E-state index contributed by atoms with van der Waals surface area (Å²) in [5.74, 6) is -1.12. The molecular weight excluding hydrogens is 511 g/mol. The van der Waals surface area contributed by atoms with Gasteiger partial charge in [-0.1, -0.05) is 37.5 Å². The van der Waals surface area contributed by atoms with Crippen molar-refractivity contribution in [3.63, 3.8) is 0 Å². The standard InChI is InChI=1S/C27H29FN4O5S/c28-21-16-20(26(33)31-14-15-32(27(34)35)23(17-31)18-6-2-1-3-7-18)11-12-22(21)30-38(36,37)24-10-4-8-19-9-5-13-29-25(19)24/h4-5,8-13,16,18,23,30H,1-3,6-7,14-15,17H2,(H,34,35). The molecule has 0 spiro atoms. The molecule has 1 atom stereocenters. The zero-order valence-corrected chi connectivity index (χ0v) is 21.5. The predicted octanol–water partition coefficient (Wildman–Crippen LogP) is 4.56. The lowest BCUT2D eigenvalue weighted by Gasteiger charge is -2.44. The molecule has 2 amide bonds. The minimum absolute atomic E-state index is 0.0726. The molecule has 1 aromatic heterocycles. The molecule has 1 unspecified atom stereocenters. The van der Waals surface area contributed by atoms with Crippen LogP contribution in [0, 0.1) is 11.7 Å². The summed E-state index contributed by atoms with van der Waals surface area (Å²) in [6.07, 6.45) is 5.55. The number of piperazine rings is 1. The second-order valence-corrected chi connectivity index (χ2v) is 11.5. The van der Waals surface area contributed by atoms with Gasteiger partial charge in [0.1, 0.15) is 10.7 Å². The molecule has 3 aromatic rings. The lowest BCUT2D eigenvalue weighted by molar-refractivity contribution is 0.0284. The first-order valence-electron chi connectivity index (χ1n) is 12.7. The van der Waals surface area contributed by atoms with Crippen molar-refractivity contribution < 1.29 is 27.5 Å². The van der Waals surface area contributed by atoms with Crippen molar-refractivity contribution >= 4 is 38.6 Å². The Morgan fingerprint density at radius 1 is 1.03 bits per heavy atom. The third-order valence-electron chi connectivity index (χ3n) is 7.49. The van der Waals surface area contributed by atoms with Gasteiger partial charge in [-0.05, 0) is 49.1 Å². The van der Waals surface area contributed by atoms with Crippen molar-refractivity contribution in [1.82, 2.24) is 14.8 Å². The quantitative estimate of drug-likeness (QED) is 0.490. The van der Waals surface area contributed by atoms with Crippen LogP contribution < -0.4 is 4.72 Å². The number of anilines is 1. The SMILES string of the molecule is O=C(c1ccc(NS(=O)(=O)c2cccc3cccnc23)c(F)c1)N1CCN(C(=O)O)C(C2CCCCC2)C1. The van der Waals surface area contributed by atoms with Crippen molar-refractivity contribution in [3.8, 4) is 0 Å². The van der Waals surface area contributed by atoms with Crippen LogP contribution in [0.3, 0.4) is 0 Å². The van der Waals surface area contributed by atoms with E-state index < -0.39 is 27.8 Å². The number of pyridine rings is 1. The Bertz CT molecular complexity index is 1470. The molecule has 1 aliphatic carbocycles. The summed E-state index contributed by atoms with van der Waals surface area (Å²) in [4.78, 5) is 32.2. The first-order valence-corrected chi connectivity index (χ1v) is 14.2. The van der Waals surface area contributed by atoms with Gasteiger partial charge < -0.3 is 14.9 Å². The second-order valence-electron chi connectivity index (χ2n) is 9.82. The number of amides is 2. The molecule has 1 saturated carbocycles. The van der Waals surface area contributed by atoms with Crippen LogP contribution in [0.15, 0.2) is 59.6 Å². The molecule has 11 heteroatoms. The summed E-state index contributed by atoms with van der Waals surface area (Å²) in [5, 5.41) is 10.3. The molecule has 200 valence electrons. The summed E-state index contributed by atoms with van der Waals surface area (Å²) in [7, 11) is -4.16. The first kappa shape index (κ1) is 25.9. The maximum Gasteiger partial charge on any atom is 0.407 e. The number of rotatable bonds is 5. The molecule has 1 aliphatic heterocycles. The number of carboxylic acid groups (broad SMARTS) is 1. The Morgan fingerprint density at radius 3 is 2.53 bits per heavy atom. The molecule has 38 heavy (non-hydrogen) atoms. The highest BCUT2D eigenvalue weighted by Crippen LogP contribution is 2.32. The summed E-state index contributed by atoms with van der Waals surface area (Å²) >= 11 is 0. The monoisotopic (exact) mass is 540 g/mol. The van der Waals surface area contributed by atoms with E-state index in [1.54, 1.807) is 29.2 Å². The van der Waals surface area contributed by atoms with E-state index in [1.807, 2.05) is 0 Å². The summed E-state index contributed by atoms with van der Waals surface area (Å²) in [6, 6.07) is 11.5. The van der Waals surface area contributed by atoms with Gasteiger partial charge in [0.15, 0.2) is 0 Å². The van der Waals surface area contributed by atoms with Gasteiger partial charge in [0.05, 0.1) is 17.2 Å². The van der Waals surface area contributed by atoms with E-state index in [4.69, 9.17) is 0 Å². The Kier molecular flexibility index (Phi) is 7.20. The average Bonchev–Trinajstić information content (AvgIpc) is 2.93. The summed E-state index contributed by atoms with van der Waals surface area (Å²) < 4.78 is 43.5. The van der Waals surface area contributed by atoms with E-state index in [0.717, 1.165) is 38.2 Å². The number of para-hydroxylation sites is 1. The van der Waals surface area contributed by atoms with E-state index in [2.05, 4.69) is 9.71 Å². The normalized spacial score (nSPS) is 18.9. The van der Waals surface area contributed by atoms with E-state index in [1.165, 1.54) is 29.3 Å². The predicted molar refractivity (Wildman–Crippen MR) is 140 cm³/mol. The molecular formula is C27H29FN4O5S. The maximum absolute atomic E-state index is 15.1. The van der Waals surface area contributed by atoms with Crippen LogP contribution in [-0.4, -0.2) is 66.0 Å². The van der Waals surface area contributed by atoms with Gasteiger partial charge in [-0.3, -0.25) is 14.5 Å². The van der Waals surface area contributed by atoms with Crippen LogP contribution in [0.4, 0.5) is 14.9 Å². The van der Waals surface area contributed by atoms with Crippen LogP contribution in [0.25, 0.3) is 10.9 Å². The third kappa shape index (κ3) is 5.15. The molecule has 2 aromatic carbocycles. The van der Waals surface area contributed by atoms with Crippen molar-refractivity contribution in [3.05, 3.63) is 66.1 Å². The topological polar surface area (TPSA) is 120 Å². The van der Waals surface area contributed by atoms with Gasteiger partial charge in [0, 0.05) is 36.8 Å². The van der Waals surface area contributed by atoms with Gasteiger partial charge in [-0.15, -0.1) is 0 Å². The van der Waals surface area contributed by atoms with Gasteiger partial charge in [0.2, 0.25) is 0 Å². The Morgan fingerprint density at radius 2 is 1.79 bits per heavy atom. The summed E-state index contributed by atoms with van der Waals surface area (Å²) in [6.45, 7) is 0.653. The zero-order valence-electron chi connectivity index (χ0n) is 20.7. The van der Waals surface area contributed by atoms with Gasteiger partial charge >= 0.3 is 6.09 Å². The number of sulfonamides is 1. The van der Waals surface area contributed by atoms with Crippen molar-refractivity contribution in [2.24, 2.45) is 5.92 Å². The van der Waals surface area contributed by atoms with Crippen molar-refractivity contribution in [2.75, 3.05) is 24.4 Å². The molecule has 2 fully saturated rings. The zero-order chi connectivity index (χ0) is 26.9. The fraction of sp³-hybridized carbons (Fsp3) is 0.370. The second kappa shape index (κ2) is 10.6. The van der Waals surface area contributed by atoms with E-state index in [0.29, 0.717) is 5.39 Å². The van der Waals surface area contributed by atoms with Crippen LogP contribution in [0.5, 0.6) is 0 Å². The number of nitrogens with zero attached hydrogens (tertiary/aromatic N) is 3. The van der Waals surface area contributed by atoms with Crippen LogP contribution in [0.1, 0.15) is 42.5 Å². The van der Waals surface area contributed by atoms with Crippen molar-refractivity contribution in [1.29, 1.82) is 0 Å². The van der Waals surface area contributed by atoms with E-state index >= 15 is 4.39 Å². The molecule has 2 N–H and O–H groups in total. The van der Waals surface area contributed by atoms with Gasteiger partial charge in [-0.25, -0.2) is 17.6 Å². The van der Waals surface area contributed by atoms with E-state index in [9.17, 15) is 23.1 Å². The highest BCUT2D eigenvalue weighted by Gasteiger charge is 2.38. The maximum atomic E-state index is 15.1. The van der Waals surface area contributed by atoms with Crippen molar-refractivity contribution in [2.45, 2.75) is 43.0 Å². The minimum atomic E-state index is -4.16. The molecule has 2 heterocycles. The number of hydrogen-bond acceptors (Lipinski definition) is 5. The number of carbonyl (C=O) groups excluding carboxylic acids is 1. The van der Waals surface area contributed by atoms with Crippen LogP contribution in [0.2, 0.25) is 0 Å². The third-order valence-corrected chi connectivity index (χ3v) is 8.89. The lowest BCUT2D eigenvalue weighted by atomic mass is 9.82. The molecule has 2 aliphatic rings. The number of aromatic nitrogens is 1. The number of hydrogen-bond donors (Lipinski definition) is 2. The largest absolute Gasteiger partial charge is 0.465 e. The fourth-order valence-corrected chi connectivity index (χ4v) is 6.81.